The summed E-state index contributed by atoms with van der Waals surface area (Å²) >= 11 is 0. The van der Waals surface area contributed by atoms with E-state index in [2.05, 4.69) is 5.32 Å². The highest BCUT2D eigenvalue weighted by atomic mass is 16.6. The number of aliphatic hydroxyl groups is 1. The monoisotopic (exact) mass is 375 g/mol. The average molecular weight is 375 g/mol. The lowest BCUT2D eigenvalue weighted by Crippen LogP contribution is -2.46. The van der Waals surface area contributed by atoms with Crippen LogP contribution in [-0.4, -0.2) is 49.0 Å². The molecule has 3 aliphatic rings. The molecular weight excluding hydrogens is 350 g/mol. The first kappa shape index (κ1) is 18.3. The van der Waals surface area contributed by atoms with Crippen molar-refractivity contribution in [1.82, 2.24) is 0 Å². The predicted molar refractivity (Wildman–Crippen MR) is 96.6 cm³/mol. The highest BCUT2D eigenvalue weighted by molar-refractivity contribution is 5.93. The quantitative estimate of drug-likeness (QED) is 0.765. The van der Waals surface area contributed by atoms with Gasteiger partial charge in [-0.1, -0.05) is 6.42 Å². The first-order valence-electron chi connectivity index (χ1n) is 9.53. The van der Waals surface area contributed by atoms with Crippen LogP contribution in [0, 0.1) is 5.92 Å². The molecule has 0 aromatic heterocycles. The van der Waals surface area contributed by atoms with E-state index in [9.17, 15) is 14.7 Å². The molecule has 146 valence electrons. The molecule has 4 atom stereocenters. The molecule has 1 saturated carbocycles. The summed E-state index contributed by atoms with van der Waals surface area (Å²) in [5.74, 6) is 0.596. The molecule has 0 unspecified atom stereocenters. The number of hydrogen-bond acceptors (Lipinski definition) is 6. The van der Waals surface area contributed by atoms with E-state index < -0.39 is 6.10 Å². The Balaban J connectivity index is 1.52. The maximum atomic E-state index is 12.2. The van der Waals surface area contributed by atoms with Crippen LogP contribution < -0.4 is 10.1 Å². The molecule has 1 saturated heterocycles. The lowest BCUT2D eigenvalue weighted by atomic mass is 9.83. The van der Waals surface area contributed by atoms with Crippen molar-refractivity contribution in [3.8, 4) is 5.75 Å². The molecule has 7 heteroatoms. The van der Waals surface area contributed by atoms with Crippen molar-refractivity contribution >= 4 is 17.6 Å². The molecule has 0 radical (unpaired) electrons. The number of carbonyl (C=O) groups is 2. The zero-order valence-corrected chi connectivity index (χ0v) is 15.3. The second-order valence-electron chi connectivity index (χ2n) is 7.55. The van der Waals surface area contributed by atoms with Crippen LogP contribution in [0.1, 0.15) is 43.6 Å². The Kier molecular flexibility index (Phi) is 5.06. The number of benzene rings is 1. The zero-order valence-electron chi connectivity index (χ0n) is 15.3. The highest BCUT2D eigenvalue weighted by Gasteiger charge is 2.46. The largest absolute Gasteiger partial charge is 0.487 e. The zero-order chi connectivity index (χ0) is 19.0. The fourth-order valence-corrected chi connectivity index (χ4v) is 4.15. The van der Waals surface area contributed by atoms with Crippen LogP contribution >= 0.6 is 0 Å². The Labute approximate surface area is 158 Å². The Morgan fingerprint density at radius 1 is 1.33 bits per heavy atom. The Bertz CT molecular complexity index is 731. The smallest absolute Gasteiger partial charge is 0.308 e. The second-order valence-corrected chi connectivity index (χ2v) is 7.55. The van der Waals surface area contributed by atoms with Gasteiger partial charge in [-0.2, -0.15) is 0 Å². The maximum absolute atomic E-state index is 12.2. The van der Waals surface area contributed by atoms with E-state index >= 15 is 0 Å². The van der Waals surface area contributed by atoms with Gasteiger partial charge in [-0.25, -0.2) is 0 Å². The summed E-state index contributed by atoms with van der Waals surface area (Å²) in [4.78, 5) is 23.9. The third-order valence-corrected chi connectivity index (χ3v) is 5.86. The van der Waals surface area contributed by atoms with Gasteiger partial charge in [0.05, 0.1) is 26.2 Å². The van der Waals surface area contributed by atoms with Crippen molar-refractivity contribution in [3.05, 3.63) is 23.8 Å². The summed E-state index contributed by atoms with van der Waals surface area (Å²) in [5.41, 5.74) is 1.74. The number of hydrogen-bond donors (Lipinski definition) is 2. The third kappa shape index (κ3) is 3.53. The Hall–Kier alpha value is -2.12. The number of nitrogens with one attached hydrogen (secondary N) is 1. The summed E-state index contributed by atoms with van der Waals surface area (Å²) in [5, 5.41) is 12.7. The van der Waals surface area contributed by atoms with Crippen molar-refractivity contribution in [1.29, 1.82) is 0 Å². The number of amides is 1. The van der Waals surface area contributed by atoms with E-state index in [1.54, 1.807) is 0 Å². The summed E-state index contributed by atoms with van der Waals surface area (Å²) in [6.45, 7) is -0.182. The molecule has 1 aromatic rings. The summed E-state index contributed by atoms with van der Waals surface area (Å²) in [6, 6.07) is 5.65. The van der Waals surface area contributed by atoms with E-state index in [1.807, 2.05) is 18.2 Å². The SMILES string of the molecule is COC(=O)C[C@H]1C[C@H]2c3cc(NC(=O)C4CCC4)ccc3O[C@H]2[C@@H](CO)O1. The number of fused-ring (bicyclic) bond motifs is 3. The van der Waals surface area contributed by atoms with Gasteiger partial charge in [-0.3, -0.25) is 9.59 Å². The first-order chi connectivity index (χ1) is 13.1. The lowest BCUT2D eigenvalue weighted by Gasteiger charge is -2.36. The molecule has 1 amide bonds. The minimum Gasteiger partial charge on any atom is -0.487 e. The number of anilines is 1. The molecule has 2 heterocycles. The standard InChI is InChI=1S/C20H25NO6/c1-25-18(23)9-13-8-15-14-7-12(21-20(24)11-3-2-4-11)5-6-16(14)27-19(15)17(10-22)26-13/h5-7,11,13,15,17,19,22H,2-4,8-10H2,1H3,(H,21,24)/t13-,15+,17-,19-/m1/s1. The van der Waals surface area contributed by atoms with Gasteiger partial charge in [0, 0.05) is 23.1 Å². The van der Waals surface area contributed by atoms with Crippen molar-refractivity contribution in [2.24, 2.45) is 5.92 Å². The number of ether oxygens (including phenoxy) is 3. The van der Waals surface area contributed by atoms with E-state index in [0.717, 1.165) is 36.3 Å². The van der Waals surface area contributed by atoms with E-state index in [1.165, 1.54) is 7.11 Å². The van der Waals surface area contributed by atoms with Gasteiger partial charge in [-0.05, 0) is 37.5 Å². The highest BCUT2D eigenvalue weighted by Crippen LogP contribution is 2.47. The number of aliphatic hydroxyl groups excluding tert-OH is 1. The van der Waals surface area contributed by atoms with Gasteiger partial charge in [0.1, 0.15) is 18.0 Å². The molecule has 2 fully saturated rings. The van der Waals surface area contributed by atoms with Crippen molar-refractivity contribution < 1.29 is 28.9 Å². The second kappa shape index (κ2) is 7.48. The molecule has 4 rings (SSSR count). The van der Waals surface area contributed by atoms with Crippen LogP contribution in [0.4, 0.5) is 5.69 Å². The minimum absolute atomic E-state index is 0.00103. The molecule has 0 spiro atoms. The van der Waals surface area contributed by atoms with Crippen LogP contribution in [0.25, 0.3) is 0 Å². The van der Waals surface area contributed by atoms with Gasteiger partial charge < -0.3 is 24.6 Å². The van der Waals surface area contributed by atoms with Gasteiger partial charge >= 0.3 is 5.97 Å². The normalized spacial score (nSPS) is 29.1. The van der Waals surface area contributed by atoms with Gasteiger partial charge in [0.2, 0.25) is 5.91 Å². The minimum atomic E-state index is -0.501. The number of carbonyl (C=O) groups excluding carboxylic acids is 2. The van der Waals surface area contributed by atoms with Crippen molar-refractivity contribution in [2.75, 3.05) is 19.0 Å². The van der Waals surface area contributed by atoms with Crippen LogP contribution in [0.15, 0.2) is 18.2 Å². The van der Waals surface area contributed by atoms with Crippen LogP contribution in [-0.2, 0) is 19.1 Å². The topological polar surface area (TPSA) is 94.1 Å². The number of methoxy groups -OCH3 is 1. The van der Waals surface area contributed by atoms with Gasteiger partial charge in [-0.15, -0.1) is 0 Å². The van der Waals surface area contributed by atoms with Crippen molar-refractivity contribution in [3.63, 3.8) is 0 Å². The van der Waals surface area contributed by atoms with Crippen molar-refractivity contribution in [2.45, 2.75) is 56.3 Å². The Morgan fingerprint density at radius 2 is 2.15 bits per heavy atom. The predicted octanol–water partition coefficient (Wildman–Crippen LogP) is 1.98. The maximum Gasteiger partial charge on any atom is 0.308 e. The molecule has 1 aliphatic carbocycles. The van der Waals surface area contributed by atoms with E-state index in [4.69, 9.17) is 14.2 Å². The third-order valence-electron chi connectivity index (χ3n) is 5.86. The van der Waals surface area contributed by atoms with Crippen LogP contribution in [0.5, 0.6) is 5.75 Å². The Morgan fingerprint density at radius 3 is 2.81 bits per heavy atom. The molecule has 0 bridgehead atoms. The summed E-state index contributed by atoms with van der Waals surface area (Å²) in [7, 11) is 1.35. The van der Waals surface area contributed by atoms with Gasteiger partial charge in [0.25, 0.3) is 0 Å². The van der Waals surface area contributed by atoms with E-state index in [0.29, 0.717) is 6.42 Å². The fraction of sp³-hybridized carbons (Fsp3) is 0.600. The lowest BCUT2D eigenvalue weighted by molar-refractivity contribution is -0.156. The number of esters is 1. The molecule has 2 aliphatic heterocycles. The molecular formula is C20H25NO6. The average Bonchev–Trinajstić information content (AvgIpc) is 2.97. The fourth-order valence-electron chi connectivity index (χ4n) is 4.15. The first-order valence-corrected chi connectivity index (χ1v) is 9.53. The van der Waals surface area contributed by atoms with Gasteiger partial charge in [0.15, 0.2) is 0 Å². The molecule has 27 heavy (non-hydrogen) atoms. The van der Waals surface area contributed by atoms with Crippen LogP contribution in [0.2, 0.25) is 0 Å². The molecule has 1 aromatic carbocycles. The molecule has 2 N–H and O–H groups in total. The summed E-state index contributed by atoms with van der Waals surface area (Å²) < 4.78 is 16.6. The van der Waals surface area contributed by atoms with E-state index in [-0.39, 0.29) is 48.9 Å². The number of rotatable bonds is 5. The summed E-state index contributed by atoms with van der Waals surface area (Å²) in [6.07, 6.45) is 2.63. The van der Waals surface area contributed by atoms with Crippen LogP contribution in [0.3, 0.4) is 0 Å². The molecule has 7 nitrogen and oxygen atoms in total.